The number of rotatable bonds is 10. The quantitative estimate of drug-likeness (QED) is 0.129. The molecule has 0 amide bonds. The number of aryl methyl sites for hydroxylation is 4. The Labute approximate surface area is 338 Å². The van der Waals surface area contributed by atoms with Gasteiger partial charge in [0.15, 0.2) is 0 Å². The largest absolute Gasteiger partial charge is 0.496 e. The van der Waals surface area contributed by atoms with Gasteiger partial charge in [-0.25, -0.2) is 0 Å². The molecule has 0 aliphatic carbocycles. The number of hydrogen-bond donors (Lipinski definition) is 0. The lowest BCUT2D eigenvalue weighted by molar-refractivity contribution is 0.416. The Bertz CT molecular complexity index is 2380. The lowest BCUT2D eigenvalue weighted by Crippen LogP contribution is -2.52. The van der Waals surface area contributed by atoms with Crippen LogP contribution in [-0.4, -0.2) is 30.0 Å². The van der Waals surface area contributed by atoms with E-state index in [1.54, 1.807) is 7.11 Å². The van der Waals surface area contributed by atoms with Gasteiger partial charge in [-0.05, 0) is 80.4 Å². The van der Waals surface area contributed by atoms with Crippen LogP contribution in [0.3, 0.4) is 0 Å². The van der Waals surface area contributed by atoms with E-state index in [0.717, 1.165) is 33.9 Å². The van der Waals surface area contributed by atoms with Crippen molar-refractivity contribution >= 4 is 77.5 Å². The van der Waals surface area contributed by atoms with E-state index < -0.39 is 16.1 Å². The number of ether oxygens (including phenoxy) is 1. The van der Waals surface area contributed by atoms with Gasteiger partial charge in [-0.2, -0.15) is 0 Å². The molecule has 56 heavy (non-hydrogen) atoms. The Morgan fingerprint density at radius 1 is 0.446 bits per heavy atom. The standard InChI is InChI=1S/C51H56BNOSi2/c1-35-28-36(2)31-39(30-35)52(40-32-37(3)29-38(4)33-40)50-27-26-47(46-14-12-13-15-48(46)50)49-25-20-43(34-51(49)54-5)53(41-16-21-44(22-17-41)55(6,7)8)42-18-23-45(24-19-42)56(9,10)11/h12-34H,1-11H3. The summed E-state index contributed by atoms with van der Waals surface area (Å²) in [5.74, 6) is 0.850. The minimum Gasteiger partial charge on any atom is -0.496 e. The van der Waals surface area contributed by atoms with E-state index in [9.17, 15) is 0 Å². The van der Waals surface area contributed by atoms with E-state index in [4.69, 9.17) is 4.74 Å². The van der Waals surface area contributed by atoms with Crippen molar-refractivity contribution in [2.75, 3.05) is 12.0 Å². The third-order valence-electron chi connectivity index (χ3n) is 11.1. The van der Waals surface area contributed by atoms with Crippen molar-refractivity contribution in [3.8, 4) is 16.9 Å². The molecule has 0 radical (unpaired) electrons. The van der Waals surface area contributed by atoms with Crippen LogP contribution in [0.25, 0.3) is 21.9 Å². The first-order valence-corrected chi connectivity index (χ1v) is 27.0. The average Bonchev–Trinajstić information content (AvgIpc) is 3.14. The summed E-state index contributed by atoms with van der Waals surface area (Å²) in [5.41, 5.74) is 14.7. The van der Waals surface area contributed by atoms with E-state index in [1.807, 2.05) is 0 Å². The fourth-order valence-corrected chi connectivity index (χ4v) is 10.8. The predicted octanol–water partition coefficient (Wildman–Crippen LogP) is 10.8. The number of fused-ring (bicyclic) bond motifs is 1. The molecular weight excluding hydrogens is 710 g/mol. The van der Waals surface area contributed by atoms with Crippen LogP contribution in [-0.2, 0) is 0 Å². The molecule has 2 nitrogen and oxygen atoms in total. The monoisotopic (exact) mass is 765 g/mol. The zero-order valence-corrected chi connectivity index (χ0v) is 37.2. The molecule has 0 saturated heterocycles. The van der Waals surface area contributed by atoms with Crippen molar-refractivity contribution in [2.24, 2.45) is 0 Å². The van der Waals surface area contributed by atoms with Crippen molar-refractivity contribution in [3.63, 3.8) is 0 Å². The molecule has 282 valence electrons. The molecule has 7 aromatic rings. The molecule has 0 aliphatic rings. The van der Waals surface area contributed by atoms with Gasteiger partial charge >= 0.3 is 0 Å². The topological polar surface area (TPSA) is 12.5 Å². The zero-order valence-electron chi connectivity index (χ0n) is 35.2. The Morgan fingerprint density at radius 3 is 1.32 bits per heavy atom. The molecule has 0 aromatic heterocycles. The van der Waals surface area contributed by atoms with Gasteiger partial charge in [-0.3, -0.25) is 0 Å². The van der Waals surface area contributed by atoms with E-state index >= 15 is 0 Å². The summed E-state index contributed by atoms with van der Waals surface area (Å²) in [6.45, 7) is 23.3. The number of hydrogen-bond acceptors (Lipinski definition) is 2. The number of methoxy groups -OCH3 is 1. The maximum atomic E-state index is 6.29. The molecule has 0 spiro atoms. The van der Waals surface area contributed by atoms with Crippen molar-refractivity contribution in [2.45, 2.75) is 67.0 Å². The van der Waals surface area contributed by atoms with Gasteiger partial charge in [0.1, 0.15) is 5.75 Å². The summed E-state index contributed by atoms with van der Waals surface area (Å²) < 4.78 is 6.29. The van der Waals surface area contributed by atoms with Gasteiger partial charge in [0.05, 0.1) is 23.3 Å². The highest BCUT2D eigenvalue weighted by atomic mass is 28.3. The van der Waals surface area contributed by atoms with Gasteiger partial charge in [0.2, 0.25) is 6.71 Å². The second-order valence-corrected chi connectivity index (χ2v) is 28.0. The van der Waals surface area contributed by atoms with Gasteiger partial charge in [0.25, 0.3) is 0 Å². The second-order valence-electron chi connectivity index (χ2n) is 17.8. The predicted molar refractivity (Wildman–Crippen MR) is 253 cm³/mol. The second kappa shape index (κ2) is 15.4. The number of nitrogens with zero attached hydrogens (tertiary/aromatic N) is 1. The molecule has 0 bridgehead atoms. The molecule has 5 heteroatoms. The minimum absolute atomic E-state index is 0.0867. The first-order valence-electron chi connectivity index (χ1n) is 20.0. The molecule has 0 aliphatic heterocycles. The summed E-state index contributed by atoms with van der Waals surface area (Å²) in [6, 6.07) is 52.7. The van der Waals surface area contributed by atoms with Gasteiger partial charge < -0.3 is 9.64 Å². The highest BCUT2D eigenvalue weighted by molar-refractivity contribution is 6.97. The molecule has 0 atom stereocenters. The third-order valence-corrected chi connectivity index (χ3v) is 15.3. The van der Waals surface area contributed by atoms with E-state index in [-0.39, 0.29) is 6.71 Å². The van der Waals surface area contributed by atoms with Crippen molar-refractivity contribution in [1.29, 1.82) is 0 Å². The maximum Gasteiger partial charge on any atom is 0.242 e. The summed E-state index contributed by atoms with van der Waals surface area (Å²) in [5, 5.41) is 5.38. The Morgan fingerprint density at radius 2 is 0.875 bits per heavy atom. The Hall–Kier alpha value is -5.10. The summed E-state index contributed by atoms with van der Waals surface area (Å²) in [6.07, 6.45) is 0. The van der Waals surface area contributed by atoms with Crippen molar-refractivity contribution < 1.29 is 4.74 Å². The smallest absolute Gasteiger partial charge is 0.242 e. The van der Waals surface area contributed by atoms with Crippen LogP contribution in [0.4, 0.5) is 17.1 Å². The minimum atomic E-state index is -1.45. The van der Waals surface area contributed by atoms with Crippen LogP contribution in [0, 0.1) is 27.7 Å². The zero-order chi connectivity index (χ0) is 39.9. The summed E-state index contributed by atoms with van der Waals surface area (Å²) in [4.78, 5) is 2.37. The molecule has 0 N–H and O–H groups in total. The summed E-state index contributed by atoms with van der Waals surface area (Å²) in [7, 11) is -1.11. The highest BCUT2D eigenvalue weighted by Gasteiger charge is 2.27. The van der Waals surface area contributed by atoms with Gasteiger partial charge in [-0.15, -0.1) is 0 Å². The van der Waals surface area contributed by atoms with Crippen LogP contribution in [0.2, 0.25) is 39.3 Å². The first-order chi connectivity index (χ1) is 26.6. The molecule has 7 rings (SSSR count). The molecule has 0 unspecified atom stereocenters. The lowest BCUT2D eigenvalue weighted by atomic mass is 9.36. The first kappa shape index (κ1) is 39.1. The maximum absolute atomic E-state index is 6.29. The fourth-order valence-electron chi connectivity index (χ4n) is 8.42. The van der Waals surface area contributed by atoms with Gasteiger partial charge in [-0.1, -0.05) is 185 Å². The van der Waals surface area contributed by atoms with Crippen LogP contribution < -0.4 is 36.4 Å². The molecule has 7 aromatic carbocycles. The van der Waals surface area contributed by atoms with Crippen molar-refractivity contribution in [3.05, 3.63) is 162 Å². The normalized spacial score (nSPS) is 11.8. The lowest BCUT2D eigenvalue weighted by Gasteiger charge is -2.28. The van der Waals surface area contributed by atoms with Crippen LogP contribution >= 0.6 is 0 Å². The molecular formula is C51H56BNOSi2. The Kier molecular flexibility index (Phi) is 10.8. The molecule has 0 heterocycles. The molecule has 0 saturated carbocycles. The number of anilines is 3. The molecule has 0 fully saturated rings. The fraction of sp³-hybridized carbons (Fsp3) is 0.216. The van der Waals surface area contributed by atoms with Crippen LogP contribution in [0.15, 0.2) is 140 Å². The number of benzene rings is 7. The SMILES string of the molecule is COc1cc(N(c2ccc([Si](C)(C)C)cc2)c2ccc([Si](C)(C)C)cc2)ccc1-c1ccc(B(c2cc(C)cc(C)c2)c2cc(C)cc(C)c2)c2ccccc12. The van der Waals surface area contributed by atoms with E-state index in [1.165, 1.54) is 59.8 Å². The average molecular weight is 766 g/mol. The van der Waals surface area contributed by atoms with Crippen molar-refractivity contribution in [1.82, 2.24) is 0 Å². The van der Waals surface area contributed by atoms with Gasteiger partial charge in [0, 0.05) is 28.7 Å². The Balaban J connectivity index is 1.38. The highest BCUT2D eigenvalue weighted by Crippen LogP contribution is 2.41. The third kappa shape index (κ3) is 8.07. The summed E-state index contributed by atoms with van der Waals surface area (Å²) >= 11 is 0. The van der Waals surface area contributed by atoms with Crippen LogP contribution in [0.1, 0.15) is 22.3 Å². The van der Waals surface area contributed by atoms with E-state index in [2.05, 4.69) is 211 Å². The van der Waals surface area contributed by atoms with Crippen LogP contribution in [0.5, 0.6) is 5.75 Å². The van der Waals surface area contributed by atoms with E-state index in [0.29, 0.717) is 0 Å².